The van der Waals surface area contributed by atoms with Crippen LogP contribution in [0.1, 0.15) is 36.7 Å². The highest BCUT2D eigenvalue weighted by Gasteiger charge is 2.57. The van der Waals surface area contributed by atoms with Crippen molar-refractivity contribution in [2.45, 2.75) is 32.3 Å². The number of hydrogen-bond acceptors (Lipinski definition) is 6. The summed E-state index contributed by atoms with van der Waals surface area (Å²) in [5, 5.41) is 12.7. The van der Waals surface area contributed by atoms with Crippen LogP contribution in [0.15, 0.2) is 5.38 Å². The van der Waals surface area contributed by atoms with E-state index in [1.807, 2.05) is 10.3 Å². The van der Waals surface area contributed by atoms with Crippen molar-refractivity contribution < 1.29 is 14.6 Å². The predicted molar refractivity (Wildman–Crippen MR) is 94.9 cm³/mol. The number of aliphatic hydroxyl groups is 1. The fourth-order valence-electron chi connectivity index (χ4n) is 5.01. The second kappa shape index (κ2) is 5.41. The summed E-state index contributed by atoms with van der Waals surface area (Å²) < 4.78 is 5.91. The van der Waals surface area contributed by atoms with Gasteiger partial charge in [0.1, 0.15) is 5.69 Å². The average molecular weight is 363 g/mol. The quantitative estimate of drug-likeness (QED) is 0.884. The van der Waals surface area contributed by atoms with Crippen molar-refractivity contribution >= 4 is 22.4 Å². The van der Waals surface area contributed by atoms with Gasteiger partial charge in [-0.15, -0.1) is 11.3 Å². The number of carbonyl (C=O) groups is 1. The van der Waals surface area contributed by atoms with Crippen molar-refractivity contribution in [2.75, 3.05) is 44.3 Å². The maximum Gasteiger partial charge on any atom is 0.273 e. The molecule has 25 heavy (non-hydrogen) atoms. The first kappa shape index (κ1) is 16.0. The largest absolute Gasteiger partial charge is 0.396 e. The normalized spacial score (nSPS) is 39.4. The molecule has 4 aliphatic rings. The van der Waals surface area contributed by atoms with Gasteiger partial charge in [-0.25, -0.2) is 4.98 Å². The Morgan fingerprint density at radius 3 is 3.08 bits per heavy atom. The van der Waals surface area contributed by atoms with Crippen molar-refractivity contribution in [1.29, 1.82) is 0 Å². The van der Waals surface area contributed by atoms with Crippen molar-refractivity contribution in [1.82, 2.24) is 9.88 Å². The summed E-state index contributed by atoms with van der Waals surface area (Å²) >= 11 is 1.53. The highest BCUT2D eigenvalue weighted by atomic mass is 32.1. The van der Waals surface area contributed by atoms with Crippen LogP contribution >= 0.6 is 11.3 Å². The summed E-state index contributed by atoms with van der Waals surface area (Å²) in [5.74, 6) is 0.762. The number of nitrogens with zero attached hydrogens (tertiary/aromatic N) is 3. The average Bonchev–Trinajstić information content (AvgIpc) is 3.06. The number of ether oxygens (including phenoxy) is 1. The first-order chi connectivity index (χ1) is 12.0. The Balaban J connectivity index is 1.31. The van der Waals surface area contributed by atoms with E-state index in [1.54, 1.807) is 0 Å². The van der Waals surface area contributed by atoms with Gasteiger partial charge in [0.25, 0.3) is 5.91 Å². The minimum Gasteiger partial charge on any atom is -0.396 e. The van der Waals surface area contributed by atoms with Crippen LogP contribution in [0.4, 0.5) is 5.13 Å². The van der Waals surface area contributed by atoms with E-state index in [2.05, 4.69) is 16.8 Å². The summed E-state index contributed by atoms with van der Waals surface area (Å²) in [5.41, 5.74) is 0.766. The molecule has 5 rings (SSSR count). The van der Waals surface area contributed by atoms with E-state index < -0.39 is 0 Å². The van der Waals surface area contributed by atoms with Crippen LogP contribution in [0.5, 0.6) is 0 Å². The van der Waals surface area contributed by atoms with Gasteiger partial charge in [0.2, 0.25) is 0 Å². The standard InChI is InChI=1S/C18H25N3O3S/c1-17-5-12(17)6-20(9-17)15(23)13-8-25-16(19-13)21-7-14-18(10-21,11-22)3-2-4-24-14/h8,12,14,22H,2-7,9-11H2,1H3/t12-,14-,17+,18+/m0/s1. The third kappa shape index (κ3) is 2.43. The molecule has 0 unspecified atom stereocenters. The summed E-state index contributed by atoms with van der Waals surface area (Å²) in [6, 6.07) is 0. The van der Waals surface area contributed by atoms with Gasteiger partial charge in [-0.1, -0.05) is 6.92 Å². The van der Waals surface area contributed by atoms with Gasteiger partial charge >= 0.3 is 0 Å². The smallest absolute Gasteiger partial charge is 0.273 e. The van der Waals surface area contributed by atoms with Gasteiger partial charge in [-0.2, -0.15) is 0 Å². The molecule has 1 aliphatic carbocycles. The van der Waals surface area contributed by atoms with Crippen LogP contribution in [-0.2, 0) is 4.74 Å². The van der Waals surface area contributed by atoms with Crippen LogP contribution in [0.2, 0.25) is 0 Å². The summed E-state index contributed by atoms with van der Waals surface area (Å²) in [4.78, 5) is 21.5. The highest BCUT2D eigenvalue weighted by Crippen LogP contribution is 2.57. The Bertz CT molecular complexity index is 709. The number of carbonyl (C=O) groups excluding carboxylic acids is 1. The molecule has 1 aromatic heterocycles. The maximum absolute atomic E-state index is 12.7. The molecule has 4 atom stereocenters. The molecule has 6 nitrogen and oxygen atoms in total. The van der Waals surface area contributed by atoms with E-state index in [-0.39, 0.29) is 24.0 Å². The van der Waals surface area contributed by atoms with Crippen LogP contribution in [0, 0.1) is 16.7 Å². The van der Waals surface area contributed by atoms with Crippen LogP contribution in [0.3, 0.4) is 0 Å². The number of likely N-dealkylation sites (tertiary alicyclic amines) is 1. The molecule has 3 saturated heterocycles. The zero-order valence-electron chi connectivity index (χ0n) is 14.6. The molecule has 0 aromatic carbocycles. The maximum atomic E-state index is 12.7. The molecule has 1 saturated carbocycles. The van der Waals surface area contributed by atoms with E-state index in [1.165, 1.54) is 17.8 Å². The molecule has 3 aliphatic heterocycles. The van der Waals surface area contributed by atoms with Gasteiger partial charge in [-0.3, -0.25) is 4.79 Å². The third-order valence-electron chi connectivity index (χ3n) is 6.83. The zero-order valence-corrected chi connectivity index (χ0v) is 15.4. The summed E-state index contributed by atoms with van der Waals surface area (Å²) in [6.07, 6.45) is 3.33. The lowest BCUT2D eigenvalue weighted by atomic mass is 9.79. The molecular formula is C18H25N3O3S. The first-order valence-corrected chi connectivity index (χ1v) is 10.1. The van der Waals surface area contributed by atoms with Crippen molar-refractivity contribution in [3.63, 3.8) is 0 Å². The lowest BCUT2D eigenvalue weighted by molar-refractivity contribution is -0.0755. The van der Waals surface area contributed by atoms with Crippen LogP contribution < -0.4 is 4.90 Å². The van der Waals surface area contributed by atoms with E-state index in [0.29, 0.717) is 17.0 Å². The van der Waals surface area contributed by atoms with E-state index in [4.69, 9.17) is 4.74 Å². The lowest BCUT2D eigenvalue weighted by Crippen LogP contribution is -2.43. The van der Waals surface area contributed by atoms with E-state index in [0.717, 1.165) is 50.8 Å². The number of anilines is 1. The molecule has 1 N–H and O–H groups in total. The van der Waals surface area contributed by atoms with Gasteiger partial charge in [0.15, 0.2) is 5.13 Å². The molecule has 0 spiro atoms. The number of piperidine rings is 1. The molecule has 0 bridgehead atoms. The Kier molecular flexibility index (Phi) is 3.47. The van der Waals surface area contributed by atoms with Gasteiger partial charge in [0, 0.05) is 43.6 Å². The minimum atomic E-state index is -0.168. The number of amides is 1. The van der Waals surface area contributed by atoms with Gasteiger partial charge in [-0.05, 0) is 30.6 Å². The first-order valence-electron chi connectivity index (χ1n) is 9.25. The number of fused-ring (bicyclic) bond motifs is 2. The number of hydrogen-bond donors (Lipinski definition) is 1. The second-order valence-corrected chi connectivity index (χ2v) is 9.46. The monoisotopic (exact) mass is 363 g/mol. The minimum absolute atomic E-state index is 0.0694. The Hall–Kier alpha value is -1.18. The molecule has 7 heteroatoms. The van der Waals surface area contributed by atoms with Crippen molar-refractivity contribution in [3.8, 4) is 0 Å². The topological polar surface area (TPSA) is 65.9 Å². The van der Waals surface area contributed by atoms with Crippen molar-refractivity contribution in [3.05, 3.63) is 11.1 Å². The second-order valence-electron chi connectivity index (χ2n) is 8.62. The third-order valence-corrected chi connectivity index (χ3v) is 7.73. The Labute approximate surface area is 151 Å². The molecule has 1 aromatic rings. The molecular weight excluding hydrogens is 338 g/mol. The van der Waals surface area contributed by atoms with E-state index >= 15 is 0 Å². The fraction of sp³-hybridized carbons (Fsp3) is 0.778. The van der Waals surface area contributed by atoms with Gasteiger partial charge in [0.05, 0.1) is 12.7 Å². The van der Waals surface area contributed by atoms with Crippen LogP contribution in [0.25, 0.3) is 0 Å². The Morgan fingerprint density at radius 2 is 2.36 bits per heavy atom. The summed E-state index contributed by atoms with van der Waals surface area (Å²) in [6.45, 7) is 6.48. The highest BCUT2D eigenvalue weighted by molar-refractivity contribution is 7.13. The van der Waals surface area contributed by atoms with Crippen LogP contribution in [-0.4, -0.2) is 66.4 Å². The van der Waals surface area contributed by atoms with Gasteiger partial charge < -0.3 is 19.6 Å². The molecule has 0 radical (unpaired) electrons. The predicted octanol–water partition coefficient (Wildman–Crippen LogP) is 1.60. The lowest BCUT2D eigenvalue weighted by Gasteiger charge is -2.36. The van der Waals surface area contributed by atoms with E-state index in [9.17, 15) is 9.90 Å². The Morgan fingerprint density at radius 1 is 1.48 bits per heavy atom. The number of aliphatic hydroxyl groups excluding tert-OH is 1. The number of thiazole rings is 1. The fourth-order valence-corrected chi connectivity index (χ4v) is 5.82. The zero-order chi connectivity index (χ0) is 17.2. The molecule has 4 fully saturated rings. The molecule has 136 valence electrons. The van der Waals surface area contributed by atoms with Crippen molar-refractivity contribution in [2.24, 2.45) is 16.7 Å². The SMILES string of the molecule is C[C@]12C[C@H]1CN(C(=O)c1csc(N3C[C@@H]4OCCC[C@]4(CO)C3)n1)C2. The number of rotatable bonds is 3. The summed E-state index contributed by atoms with van der Waals surface area (Å²) in [7, 11) is 0. The molecule has 4 heterocycles. The molecule has 1 amide bonds. The number of aromatic nitrogens is 1.